The first-order chi connectivity index (χ1) is 14.7. The van der Waals surface area contributed by atoms with E-state index >= 15 is 0 Å². The van der Waals surface area contributed by atoms with Gasteiger partial charge in [-0.1, -0.05) is 65.0 Å². The fourth-order valence-corrected chi connectivity index (χ4v) is 3.88. The van der Waals surface area contributed by atoms with Crippen LogP contribution in [-0.4, -0.2) is 41.4 Å². The molecule has 1 aromatic carbocycles. The predicted octanol–water partition coefficient (Wildman–Crippen LogP) is 4.57. The lowest BCUT2D eigenvalue weighted by Crippen LogP contribution is -2.52. The van der Waals surface area contributed by atoms with Crippen molar-refractivity contribution in [3.63, 3.8) is 0 Å². The number of Topliss-reactive ketones (excluding diaryl/α,β-unsaturated/α-hetero) is 1. The fraction of sp³-hybridized carbons (Fsp3) is 0.625. The molecule has 0 saturated carbocycles. The first-order valence-corrected chi connectivity index (χ1v) is 12.3. The highest BCUT2D eigenvalue weighted by atomic mass is 32.2. The molecule has 31 heavy (non-hydrogen) atoms. The number of rotatable bonds is 14. The highest BCUT2D eigenvalue weighted by molar-refractivity contribution is 7.99. The minimum Gasteiger partial charge on any atom is -0.445 e. The van der Waals surface area contributed by atoms with Crippen LogP contribution in [0.4, 0.5) is 4.79 Å². The highest BCUT2D eigenvalue weighted by Gasteiger charge is 2.28. The van der Waals surface area contributed by atoms with Crippen LogP contribution >= 0.6 is 11.8 Å². The molecule has 2 unspecified atom stereocenters. The van der Waals surface area contributed by atoms with Crippen LogP contribution < -0.4 is 10.6 Å². The minimum atomic E-state index is -0.756. The molecule has 0 aliphatic heterocycles. The van der Waals surface area contributed by atoms with Crippen molar-refractivity contribution in [2.24, 2.45) is 11.8 Å². The van der Waals surface area contributed by atoms with Gasteiger partial charge in [-0.2, -0.15) is 11.8 Å². The maximum absolute atomic E-state index is 13.0. The summed E-state index contributed by atoms with van der Waals surface area (Å²) in [4.78, 5) is 37.9. The van der Waals surface area contributed by atoms with E-state index in [9.17, 15) is 14.4 Å². The number of ether oxygens (including phenoxy) is 1. The maximum atomic E-state index is 13.0. The topological polar surface area (TPSA) is 84.5 Å². The molecule has 6 nitrogen and oxygen atoms in total. The Bertz CT molecular complexity index is 679. The van der Waals surface area contributed by atoms with Gasteiger partial charge >= 0.3 is 6.09 Å². The van der Waals surface area contributed by atoms with E-state index in [4.69, 9.17) is 4.74 Å². The zero-order valence-electron chi connectivity index (χ0n) is 19.5. The Morgan fingerprint density at radius 2 is 1.55 bits per heavy atom. The molecule has 0 aliphatic rings. The first-order valence-electron chi connectivity index (χ1n) is 11.1. The molecule has 2 atom stereocenters. The van der Waals surface area contributed by atoms with E-state index in [1.165, 1.54) is 0 Å². The first kappa shape index (κ1) is 27.0. The summed E-state index contributed by atoms with van der Waals surface area (Å²) in [6, 6.07) is 8.06. The van der Waals surface area contributed by atoms with Gasteiger partial charge in [0.2, 0.25) is 5.91 Å². The molecular weight excluding hydrogens is 412 g/mol. The van der Waals surface area contributed by atoms with Crippen LogP contribution in [0.2, 0.25) is 0 Å². The number of carbonyl (C=O) groups excluding carboxylic acids is 3. The summed E-state index contributed by atoms with van der Waals surface area (Å²) in [7, 11) is 0. The molecule has 0 radical (unpaired) electrons. The monoisotopic (exact) mass is 450 g/mol. The lowest BCUT2D eigenvalue weighted by atomic mass is 9.99. The number of hydrogen-bond donors (Lipinski definition) is 2. The number of ketones is 1. The van der Waals surface area contributed by atoms with Crippen molar-refractivity contribution in [1.29, 1.82) is 0 Å². The van der Waals surface area contributed by atoms with Crippen molar-refractivity contribution in [2.75, 3.05) is 11.5 Å². The Kier molecular flexibility index (Phi) is 13.0. The average Bonchev–Trinajstić information content (AvgIpc) is 2.71. The van der Waals surface area contributed by atoms with E-state index in [0.717, 1.165) is 17.7 Å². The summed E-state index contributed by atoms with van der Waals surface area (Å²) < 4.78 is 5.27. The lowest BCUT2D eigenvalue weighted by Gasteiger charge is -2.24. The molecular formula is C24H38N2O4S. The van der Waals surface area contributed by atoms with Gasteiger partial charge in [-0.15, -0.1) is 0 Å². The van der Waals surface area contributed by atoms with Crippen LogP contribution in [0.1, 0.15) is 59.4 Å². The summed E-state index contributed by atoms with van der Waals surface area (Å²) in [5.41, 5.74) is 0.870. The molecule has 0 fully saturated rings. The molecule has 2 N–H and O–H groups in total. The van der Waals surface area contributed by atoms with Gasteiger partial charge in [-0.25, -0.2) is 4.79 Å². The van der Waals surface area contributed by atoms with Gasteiger partial charge in [-0.3, -0.25) is 9.59 Å². The lowest BCUT2D eigenvalue weighted by molar-refractivity contribution is -0.128. The number of hydrogen-bond acceptors (Lipinski definition) is 5. The number of thioether (sulfide) groups is 1. The van der Waals surface area contributed by atoms with Crippen molar-refractivity contribution < 1.29 is 19.1 Å². The smallest absolute Gasteiger partial charge is 0.408 e. The second kappa shape index (κ2) is 14.9. The summed E-state index contributed by atoms with van der Waals surface area (Å²) >= 11 is 1.59. The number of nitrogens with one attached hydrogen (secondary N) is 2. The summed E-state index contributed by atoms with van der Waals surface area (Å²) in [6.07, 6.45) is 1.39. The zero-order valence-corrected chi connectivity index (χ0v) is 20.3. The molecule has 0 spiro atoms. The number of amides is 2. The van der Waals surface area contributed by atoms with Gasteiger partial charge < -0.3 is 15.4 Å². The number of benzene rings is 1. The van der Waals surface area contributed by atoms with Gasteiger partial charge in [0.05, 0.1) is 11.8 Å². The second-order valence-electron chi connectivity index (χ2n) is 8.60. The van der Waals surface area contributed by atoms with Crippen molar-refractivity contribution in [3.8, 4) is 0 Å². The Labute approximate surface area is 191 Å². The Balaban J connectivity index is 2.73. The standard InChI is InChI=1S/C24H38N2O4S/c1-6-12-31-16-22(27)20(13-17(2)3)25-23(28)21(14-18(4)5)26-24(29)30-15-19-10-8-7-9-11-19/h7-11,17-18,20-21H,6,12-16H2,1-5H3,(H,25,28)(H,26,29). The van der Waals surface area contributed by atoms with Gasteiger partial charge in [-0.05, 0) is 42.4 Å². The van der Waals surface area contributed by atoms with Crippen molar-refractivity contribution in [2.45, 2.75) is 72.6 Å². The predicted molar refractivity (Wildman–Crippen MR) is 127 cm³/mol. The van der Waals surface area contributed by atoms with Crippen LogP contribution in [0.5, 0.6) is 0 Å². The Morgan fingerprint density at radius 3 is 2.13 bits per heavy atom. The summed E-state index contributed by atoms with van der Waals surface area (Å²) in [6.45, 7) is 10.2. The fourth-order valence-electron chi connectivity index (χ4n) is 3.04. The number of alkyl carbamates (subject to hydrolysis) is 1. The molecule has 0 bridgehead atoms. The molecule has 1 rings (SSSR count). The van der Waals surface area contributed by atoms with E-state index in [-0.39, 0.29) is 30.1 Å². The number of carbonyl (C=O) groups is 3. The highest BCUT2D eigenvalue weighted by Crippen LogP contribution is 2.12. The van der Waals surface area contributed by atoms with Crippen LogP contribution in [-0.2, 0) is 20.9 Å². The van der Waals surface area contributed by atoms with E-state index in [2.05, 4.69) is 17.6 Å². The summed E-state index contributed by atoms with van der Waals surface area (Å²) in [5, 5.41) is 5.57. The van der Waals surface area contributed by atoms with Crippen molar-refractivity contribution >= 4 is 29.5 Å². The third kappa shape index (κ3) is 11.8. The molecule has 0 heterocycles. The SMILES string of the molecule is CCCSCC(=O)C(CC(C)C)NC(=O)C(CC(C)C)NC(=O)OCc1ccccc1. The molecule has 7 heteroatoms. The third-order valence-corrected chi connectivity index (χ3v) is 5.72. The van der Waals surface area contributed by atoms with E-state index in [1.54, 1.807) is 11.8 Å². The van der Waals surface area contributed by atoms with Gasteiger partial charge in [0.1, 0.15) is 12.6 Å². The van der Waals surface area contributed by atoms with Crippen molar-refractivity contribution in [1.82, 2.24) is 10.6 Å². The Hall–Kier alpha value is -2.02. The van der Waals surface area contributed by atoms with Crippen LogP contribution in [0.3, 0.4) is 0 Å². The van der Waals surface area contributed by atoms with Gasteiger partial charge in [0, 0.05) is 0 Å². The molecule has 2 amide bonds. The maximum Gasteiger partial charge on any atom is 0.408 e. The van der Waals surface area contributed by atoms with E-state index < -0.39 is 18.2 Å². The molecule has 1 aromatic rings. The average molecular weight is 451 g/mol. The minimum absolute atomic E-state index is 0.0236. The zero-order chi connectivity index (χ0) is 23.2. The molecule has 0 aromatic heterocycles. The van der Waals surface area contributed by atoms with E-state index in [0.29, 0.717) is 18.6 Å². The van der Waals surface area contributed by atoms with Gasteiger partial charge in [0.15, 0.2) is 5.78 Å². The quantitative estimate of drug-likeness (QED) is 0.406. The van der Waals surface area contributed by atoms with Crippen LogP contribution in [0, 0.1) is 11.8 Å². The largest absolute Gasteiger partial charge is 0.445 e. The second-order valence-corrected chi connectivity index (χ2v) is 9.70. The molecule has 0 saturated heterocycles. The molecule has 0 aliphatic carbocycles. The third-order valence-electron chi connectivity index (χ3n) is 4.53. The van der Waals surface area contributed by atoms with Crippen LogP contribution in [0.15, 0.2) is 30.3 Å². The van der Waals surface area contributed by atoms with Gasteiger partial charge in [0.25, 0.3) is 0 Å². The Morgan fingerprint density at radius 1 is 0.935 bits per heavy atom. The van der Waals surface area contributed by atoms with E-state index in [1.807, 2.05) is 58.0 Å². The van der Waals surface area contributed by atoms with Crippen molar-refractivity contribution in [3.05, 3.63) is 35.9 Å². The normalized spacial score (nSPS) is 13.0. The van der Waals surface area contributed by atoms with Crippen LogP contribution in [0.25, 0.3) is 0 Å². The summed E-state index contributed by atoms with van der Waals surface area (Å²) in [5.74, 6) is 1.42. The molecule has 174 valence electrons.